The number of hydrazone groups is 1. The summed E-state index contributed by atoms with van der Waals surface area (Å²) in [6, 6.07) is 34.5. The minimum atomic E-state index is -4.04. The molecule has 0 radical (unpaired) electrons. The highest BCUT2D eigenvalue weighted by Crippen LogP contribution is 2.23. The zero-order valence-electron chi connectivity index (χ0n) is 27.7. The van der Waals surface area contributed by atoms with E-state index in [1.54, 1.807) is 48.5 Å². The van der Waals surface area contributed by atoms with Gasteiger partial charge in [0.1, 0.15) is 17.3 Å². The largest absolute Gasteiger partial charge is 0.497 e. The van der Waals surface area contributed by atoms with E-state index in [-0.39, 0.29) is 35.2 Å². The third-order valence-electron chi connectivity index (χ3n) is 7.77. The van der Waals surface area contributed by atoms with E-state index < -0.39 is 32.5 Å². The SMILES string of the molecule is COc1ccc(S(=O)(=O)N(CCc2ccccc2)CC(=O)N/N=C\c2ccc(CN(Cc3ccccc3)S(=O)(=O)c3ccc(C)cc3)o2)cc1. The Labute approximate surface area is 292 Å². The lowest BCUT2D eigenvalue weighted by molar-refractivity contribution is -0.121. The topological polar surface area (TPSA) is 139 Å². The molecule has 0 atom stereocenters. The summed E-state index contributed by atoms with van der Waals surface area (Å²) in [7, 11) is -6.43. The summed E-state index contributed by atoms with van der Waals surface area (Å²) in [6.45, 7) is 1.54. The zero-order chi connectivity index (χ0) is 35.6. The van der Waals surface area contributed by atoms with Crippen molar-refractivity contribution in [3.63, 3.8) is 0 Å². The molecule has 1 amide bonds. The fourth-order valence-corrected chi connectivity index (χ4v) is 7.83. The van der Waals surface area contributed by atoms with Crippen molar-refractivity contribution in [2.24, 2.45) is 5.10 Å². The van der Waals surface area contributed by atoms with Gasteiger partial charge in [-0.25, -0.2) is 22.3 Å². The van der Waals surface area contributed by atoms with Gasteiger partial charge in [-0.1, -0.05) is 78.4 Å². The predicted octanol–water partition coefficient (Wildman–Crippen LogP) is 5.37. The Morgan fingerprint density at radius 1 is 0.740 bits per heavy atom. The number of ether oxygens (including phenoxy) is 1. The molecule has 1 N–H and O–H groups in total. The lowest BCUT2D eigenvalue weighted by atomic mass is 10.1. The number of furan rings is 1. The zero-order valence-corrected chi connectivity index (χ0v) is 29.3. The molecule has 50 heavy (non-hydrogen) atoms. The van der Waals surface area contributed by atoms with Crippen molar-refractivity contribution >= 4 is 32.2 Å². The van der Waals surface area contributed by atoms with Crippen LogP contribution in [-0.2, 0) is 44.4 Å². The molecule has 0 saturated carbocycles. The second-order valence-electron chi connectivity index (χ2n) is 11.4. The summed E-state index contributed by atoms with van der Waals surface area (Å²) >= 11 is 0. The Kier molecular flexibility index (Phi) is 12.0. The summed E-state index contributed by atoms with van der Waals surface area (Å²) in [5.74, 6) is 0.475. The summed E-state index contributed by atoms with van der Waals surface area (Å²) in [6.07, 6.45) is 1.66. The van der Waals surface area contributed by atoms with E-state index in [2.05, 4.69) is 10.5 Å². The van der Waals surface area contributed by atoms with Crippen LogP contribution in [0.15, 0.2) is 141 Å². The number of amides is 1. The molecule has 4 aromatic carbocycles. The van der Waals surface area contributed by atoms with E-state index >= 15 is 0 Å². The molecule has 1 aromatic heterocycles. The first-order valence-corrected chi connectivity index (χ1v) is 18.6. The van der Waals surface area contributed by atoms with E-state index in [9.17, 15) is 21.6 Å². The van der Waals surface area contributed by atoms with Gasteiger partial charge < -0.3 is 9.15 Å². The third kappa shape index (κ3) is 9.54. The van der Waals surface area contributed by atoms with Crippen LogP contribution >= 0.6 is 0 Å². The number of sulfonamides is 2. The van der Waals surface area contributed by atoms with Gasteiger partial charge in [-0.2, -0.15) is 13.7 Å². The molecule has 0 aliphatic rings. The molecule has 5 rings (SSSR count). The summed E-state index contributed by atoms with van der Waals surface area (Å²) < 4.78 is 67.9. The van der Waals surface area contributed by atoms with Gasteiger partial charge in [-0.05, 0) is 73.0 Å². The van der Waals surface area contributed by atoms with Crippen LogP contribution in [0.3, 0.4) is 0 Å². The van der Waals surface area contributed by atoms with Crippen LogP contribution in [0.25, 0.3) is 0 Å². The van der Waals surface area contributed by atoms with Crippen molar-refractivity contribution in [3.8, 4) is 5.75 Å². The fourth-order valence-electron chi connectivity index (χ4n) is 5.04. The number of hydrogen-bond acceptors (Lipinski definition) is 8. The third-order valence-corrected chi connectivity index (χ3v) is 11.4. The molecule has 260 valence electrons. The highest BCUT2D eigenvalue weighted by Gasteiger charge is 2.28. The molecule has 0 bridgehead atoms. The number of benzene rings is 4. The number of nitrogens with one attached hydrogen (secondary N) is 1. The number of nitrogens with zero attached hydrogens (tertiary/aromatic N) is 3. The van der Waals surface area contributed by atoms with Crippen LogP contribution in [0.1, 0.15) is 28.2 Å². The average molecular weight is 715 g/mol. The van der Waals surface area contributed by atoms with Gasteiger partial charge in [0.15, 0.2) is 0 Å². The molecule has 1 heterocycles. The summed E-state index contributed by atoms with van der Waals surface area (Å²) in [4.78, 5) is 13.2. The number of carbonyl (C=O) groups excluding carboxylic acids is 1. The number of aryl methyl sites for hydroxylation is 1. The Bertz CT molecular complexity index is 2100. The highest BCUT2D eigenvalue weighted by molar-refractivity contribution is 7.89. The Morgan fingerprint density at radius 3 is 1.94 bits per heavy atom. The second-order valence-corrected chi connectivity index (χ2v) is 15.3. The van der Waals surface area contributed by atoms with E-state index in [0.717, 1.165) is 21.0 Å². The highest BCUT2D eigenvalue weighted by atomic mass is 32.2. The molecular formula is C37H38N4O7S2. The number of hydrogen-bond donors (Lipinski definition) is 1. The maximum absolute atomic E-state index is 13.7. The smallest absolute Gasteiger partial charge is 0.255 e. The summed E-state index contributed by atoms with van der Waals surface area (Å²) in [5, 5.41) is 3.97. The minimum Gasteiger partial charge on any atom is -0.497 e. The Morgan fingerprint density at radius 2 is 1.32 bits per heavy atom. The number of methoxy groups -OCH3 is 1. The van der Waals surface area contributed by atoms with Crippen molar-refractivity contribution < 1.29 is 30.8 Å². The van der Waals surface area contributed by atoms with E-state index in [0.29, 0.717) is 17.9 Å². The molecule has 5 aromatic rings. The Balaban J connectivity index is 1.27. The molecule has 13 heteroatoms. The minimum absolute atomic E-state index is 0.0245. The first kappa shape index (κ1) is 36.2. The average Bonchev–Trinajstić information content (AvgIpc) is 3.57. The second kappa shape index (κ2) is 16.5. The van der Waals surface area contributed by atoms with Gasteiger partial charge in [0.2, 0.25) is 20.0 Å². The van der Waals surface area contributed by atoms with Crippen molar-refractivity contribution in [1.29, 1.82) is 0 Å². The van der Waals surface area contributed by atoms with Crippen LogP contribution < -0.4 is 10.2 Å². The molecule has 11 nitrogen and oxygen atoms in total. The maximum atomic E-state index is 13.7. The monoisotopic (exact) mass is 714 g/mol. The molecular weight excluding hydrogens is 677 g/mol. The number of rotatable bonds is 16. The van der Waals surface area contributed by atoms with Gasteiger partial charge in [0.05, 0.1) is 36.2 Å². The van der Waals surface area contributed by atoms with E-state index in [4.69, 9.17) is 9.15 Å². The molecule has 0 saturated heterocycles. The van der Waals surface area contributed by atoms with Gasteiger partial charge >= 0.3 is 0 Å². The van der Waals surface area contributed by atoms with Gasteiger partial charge in [-0.3, -0.25) is 4.79 Å². The molecule has 0 aliphatic carbocycles. The standard InChI is InChI=1S/C37H38N4O7S2/c1-29-13-19-35(20-14-29)50(45,46)41(26-31-11-7-4-8-12-31)27-34-16-15-33(48-34)25-38-39-37(42)28-40(24-23-30-9-5-3-6-10-30)49(43,44)36-21-17-32(47-2)18-22-36/h3-22,25H,23-24,26-28H2,1-2H3,(H,39,42)/b38-25-. The lowest BCUT2D eigenvalue weighted by Crippen LogP contribution is -2.40. The normalized spacial score (nSPS) is 12.1. The van der Waals surface area contributed by atoms with Crippen molar-refractivity contribution in [1.82, 2.24) is 14.0 Å². The van der Waals surface area contributed by atoms with Crippen LogP contribution in [0.4, 0.5) is 0 Å². The molecule has 0 fully saturated rings. The van der Waals surface area contributed by atoms with Crippen molar-refractivity contribution in [3.05, 3.63) is 150 Å². The number of carbonyl (C=O) groups is 1. The fraction of sp³-hybridized carbons (Fsp3) is 0.189. The van der Waals surface area contributed by atoms with E-state index in [1.807, 2.05) is 67.6 Å². The molecule has 0 unspecified atom stereocenters. The van der Waals surface area contributed by atoms with Gasteiger partial charge in [0, 0.05) is 13.1 Å². The van der Waals surface area contributed by atoms with Crippen LogP contribution in [0.2, 0.25) is 0 Å². The van der Waals surface area contributed by atoms with Crippen LogP contribution in [0, 0.1) is 6.92 Å². The first-order valence-electron chi connectivity index (χ1n) is 15.7. The molecule has 0 spiro atoms. The van der Waals surface area contributed by atoms with Crippen molar-refractivity contribution in [2.75, 3.05) is 20.2 Å². The maximum Gasteiger partial charge on any atom is 0.255 e. The predicted molar refractivity (Wildman–Crippen MR) is 190 cm³/mol. The van der Waals surface area contributed by atoms with Crippen LogP contribution in [0.5, 0.6) is 5.75 Å². The summed E-state index contributed by atoms with van der Waals surface area (Å²) in [5.41, 5.74) is 5.05. The van der Waals surface area contributed by atoms with Gasteiger partial charge in [0.25, 0.3) is 5.91 Å². The molecule has 0 aliphatic heterocycles. The van der Waals surface area contributed by atoms with Gasteiger partial charge in [-0.15, -0.1) is 0 Å². The Hall–Kier alpha value is -5.08. The van der Waals surface area contributed by atoms with Crippen molar-refractivity contribution in [2.45, 2.75) is 36.2 Å². The first-order chi connectivity index (χ1) is 24.0. The quantitative estimate of drug-likeness (QED) is 0.107. The lowest BCUT2D eigenvalue weighted by Gasteiger charge is -2.21. The van der Waals surface area contributed by atoms with Crippen LogP contribution in [-0.4, -0.2) is 57.8 Å². The van der Waals surface area contributed by atoms with E-state index in [1.165, 1.54) is 29.8 Å².